The van der Waals surface area contributed by atoms with Crippen LogP contribution in [0.15, 0.2) is 34.7 Å². The molecule has 0 spiro atoms. The monoisotopic (exact) mass is 595 g/mol. The van der Waals surface area contributed by atoms with Crippen LogP contribution in [0.3, 0.4) is 0 Å². The summed E-state index contributed by atoms with van der Waals surface area (Å²) in [6.45, 7) is 0.0927. The largest absolute Gasteiger partial charge is 0.434 e. The number of furan rings is 1. The lowest BCUT2D eigenvalue weighted by atomic mass is 10.1. The predicted octanol–water partition coefficient (Wildman–Crippen LogP) is 4.87. The molecule has 3 aromatic rings. The summed E-state index contributed by atoms with van der Waals surface area (Å²) in [5, 5.41) is 2.96. The van der Waals surface area contributed by atoms with Crippen molar-refractivity contribution in [3.8, 4) is 17.1 Å². The minimum Gasteiger partial charge on any atom is -0.434 e. The van der Waals surface area contributed by atoms with Gasteiger partial charge in [-0.3, -0.25) is 4.31 Å². The van der Waals surface area contributed by atoms with E-state index in [0.29, 0.717) is 47.2 Å². The van der Waals surface area contributed by atoms with Crippen LogP contribution >= 0.6 is 11.6 Å². The second-order valence-corrected chi connectivity index (χ2v) is 14.8. The van der Waals surface area contributed by atoms with E-state index in [4.69, 9.17) is 20.8 Å². The first-order valence-electron chi connectivity index (χ1n) is 12.8. The molecule has 2 fully saturated rings. The number of anilines is 1. The van der Waals surface area contributed by atoms with Gasteiger partial charge < -0.3 is 14.5 Å². The van der Waals surface area contributed by atoms with E-state index in [-0.39, 0.29) is 41.3 Å². The molecule has 1 atom stereocenters. The Balaban J connectivity index is 1.58. The van der Waals surface area contributed by atoms with Crippen molar-refractivity contribution in [2.75, 3.05) is 29.9 Å². The number of halogens is 1. The SMILES string of the molecule is CNC(=O)Oc1c(-c2ccc(Cl)cc2)oc2nc(N(CCC[C@@H]3CCCS3(=O)=O)S(C)(=O)=O)c(C3CC3)cc12. The summed E-state index contributed by atoms with van der Waals surface area (Å²) in [7, 11) is -5.43. The standard InChI is InChI=1S/C26H30ClN3O7S2/c1-28-26(31)37-23-21-15-20(16-7-8-16)24(29-25(21)36-22(23)17-9-11-18(27)12-10-17)30(38(2,32)33)13-3-5-19-6-4-14-39(19,34)35/h9-12,15-16,19H,3-8,13-14H2,1-2H3,(H,28,31)/t19-/m1/s1. The Bertz CT molecular complexity index is 1620. The summed E-state index contributed by atoms with van der Waals surface area (Å²) in [5.41, 5.74) is 1.43. The van der Waals surface area contributed by atoms with Crippen LogP contribution in [-0.2, 0) is 19.9 Å². The van der Waals surface area contributed by atoms with Gasteiger partial charge in [-0.1, -0.05) is 11.6 Å². The first-order chi connectivity index (χ1) is 18.5. The normalized spacial score (nSPS) is 18.8. The molecule has 10 nitrogen and oxygen atoms in total. The van der Waals surface area contributed by atoms with Crippen LogP contribution in [0.1, 0.15) is 50.0 Å². The lowest BCUT2D eigenvalue weighted by Gasteiger charge is -2.24. The van der Waals surface area contributed by atoms with Gasteiger partial charge in [-0.05, 0) is 80.3 Å². The van der Waals surface area contributed by atoms with Gasteiger partial charge in [-0.15, -0.1) is 0 Å². The molecule has 1 amide bonds. The Hall–Kier alpha value is -2.83. The number of benzene rings is 1. The molecule has 1 aromatic carbocycles. The smallest absolute Gasteiger partial charge is 0.412 e. The Morgan fingerprint density at radius 1 is 1.23 bits per heavy atom. The van der Waals surface area contributed by atoms with Gasteiger partial charge in [0.15, 0.2) is 21.3 Å². The van der Waals surface area contributed by atoms with E-state index in [0.717, 1.165) is 19.1 Å². The Kier molecular flexibility index (Phi) is 7.55. The maximum atomic E-state index is 13.0. The highest BCUT2D eigenvalue weighted by Gasteiger charge is 2.35. The average molecular weight is 596 g/mol. The van der Waals surface area contributed by atoms with Gasteiger partial charge >= 0.3 is 6.09 Å². The fourth-order valence-corrected chi connectivity index (χ4v) is 8.01. The topological polar surface area (TPSA) is 136 Å². The average Bonchev–Trinajstić information content (AvgIpc) is 3.59. The third kappa shape index (κ3) is 5.87. The zero-order valence-corrected chi connectivity index (χ0v) is 24.0. The van der Waals surface area contributed by atoms with Crippen LogP contribution < -0.4 is 14.4 Å². The zero-order chi connectivity index (χ0) is 27.9. The third-order valence-electron chi connectivity index (χ3n) is 7.15. The molecule has 1 N–H and O–H groups in total. The quantitative estimate of drug-likeness (QED) is 0.370. The van der Waals surface area contributed by atoms with Crippen molar-refractivity contribution in [3.05, 3.63) is 40.9 Å². The van der Waals surface area contributed by atoms with Gasteiger partial charge in [0.1, 0.15) is 5.82 Å². The number of sulfonamides is 1. The second kappa shape index (κ2) is 10.6. The van der Waals surface area contributed by atoms with Crippen LogP contribution in [0, 0.1) is 0 Å². The molecular weight excluding hydrogens is 566 g/mol. The van der Waals surface area contributed by atoms with Crippen molar-refractivity contribution in [1.29, 1.82) is 0 Å². The summed E-state index contributed by atoms with van der Waals surface area (Å²) in [6, 6.07) is 8.59. The fraction of sp³-hybridized carbons (Fsp3) is 0.462. The van der Waals surface area contributed by atoms with E-state index >= 15 is 0 Å². The van der Waals surface area contributed by atoms with Crippen molar-refractivity contribution in [2.45, 2.75) is 49.7 Å². The maximum Gasteiger partial charge on any atom is 0.412 e. The molecule has 5 rings (SSSR count). The van der Waals surface area contributed by atoms with Gasteiger partial charge in [0, 0.05) is 24.2 Å². The molecule has 1 aliphatic carbocycles. The summed E-state index contributed by atoms with van der Waals surface area (Å²) in [6.07, 6.45) is 4.17. The molecule has 0 bridgehead atoms. The number of carbonyl (C=O) groups is 1. The van der Waals surface area contributed by atoms with E-state index in [2.05, 4.69) is 10.3 Å². The molecule has 0 radical (unpaired) electrons. The molecule has 0 unspecified atom stereocenters. The lowest BCUT2D eigenvalue weighted by Crippen LogP contribution is -2.33. The fourth-order valence-electron chi connectivity index (χ4n) is 5.01. The van der Waals surface area contributed by atoms with E-state index in [1.165, 1.54) is 11.4 Å². The summed E-state index contributed by atoms with van der Waals surface area (Å²) >= 11 is 6.05. The predicted molar refractivity (Wildman–Crippen MR) is 150 cm³/mol. The number of hydrogen-bond acceptors (Lipinski definition) is 8. The number of fused-ring (bicyclic) bond motifs is 1. The van der Waals surface area contributed by atoms with Crippen molar-refractivity contribution < 1.29 is 30.8 Å². The number of amides is 1. The molecule has 1 aliphatic heterocycles. The Labute approximate surface area is 232 Å². The number of ether oxygens (including phenoxy) is 1. The van der Waals surface area contributed by atoms with Gasteiger partial charge in [0.25, 0.3) is 0 Å². The number of aromatic nitrogens is 1. The molecule has 3 heterocycles. The van der Waals surface area contributed by atoms with Gasteiger partial charge in [-0.25, -0.2) is 21.6 Å². The van der Waals surface area contributed by atoms with Crippen LogP contribution in [0.2, 0.25) is 5.02 Å². The van der Waals surface area contributed by atoms with E-state index < -0.39 is 31.2 Å². The van der Waals surface area contributed by atoms with Crippen molar-refractivity contribution in [1.82, 2.24) is 10.3 Å². The molecule has 2 aromatic heterocycles. The molecular formula is C26H30ClN3O7S2. The lowest BCUT2D eigenvalue weighted by molar-refractivity contribution is 0.203. The minimum atomic E-state index is -3.75. The van der Waals surface area contributed by atoms with Crippen molar-refractivity contribution in [2.24, 2.45) is 0 Å². The van der Waals surface area contributed by atoms with E-state index in [1.807, 2.05) is 0 Å². The molecule has 1 saturated heterocycles. The number of nitrogens with one attached hydrogen (secondary N) is 1. The van der Waals surface area contributed by atoms with Crippen LogP contribution in [0.5, 0.6) is 5.75 Å². The summed E-state index contributed by atoms with van der Waals surface area (Å²) < 4.78 is 63.4. The van der Waals surface area contributed by atoms with Crippen molar-refractivity contribution in [3.63, 3.8) is 0 Å². The molecule has 2 aliphatic rings. The maximum absolute atomic E-state index is 13.0. The number of rotatable bonds is 9. The van der Waals surface area contributed by atoms with Crippen LogP contribution in [0.25, 0.3) is 22.4 Å². The summed E-state index contributed by atoms with van der Waals surface area (Å²) in [4.78, 5) is 16.9. The van der Waals surface area contributed by atoms with Crippen LogP contribution in [-0.4, -0.2) is 58.8 Å². The van der Waals surface area contributed by atoms with E-state index in [1.54, 1.807) is 30.3 Å². The van der Waals surface area contributed by atoms with Gasteiger partial charge in [0.2, 0.25) is 15.7 Å². The minimum absolute atomic E-state index is 0.0927. The van der Waals surface area contributed by atoms with Crippen LogP contribution in [0.4, 0.5) is 10.6 Å². The molecule has 1 saturated carbocycles. The first-order valence-corrected chi connectivity index (χ1v) is 16.7. The summed E-state index contributed by atoms with van der Waals surface area (Å²) in [5.74, 6) is 0.966. The van der Waals surface area contributed by atoms with E-state index in [9.17, 15) is 21.6 Å². The highest BCUT2D eigenvalue weighted by molar-refractivity contribution is 7.92. The highest BCUT2D eigenvalue weighted by atomic mass is 35.5. The number of nitrogens with zero attached hydrogens (tertiary/aromatic N) is 2. The number of carbonyl (C=O) groups excluding carboxylic acids is 1. The highest BCUT2D eigenvalue weighted by Crippen LogP contribution is 2.48. The van der Waals surface area contributed by atoms with Gasteiger partial charge in [0.05, 0.1) is 22.6 Å². The second-order valence-electron chi connectivity index (χ2n) is 10.0. The number of hydrogen-bond donors (Lipinski definition) is 1. The molecule has 210 valence electrons. The van der Waals surface area contributed by atoms with Gasteiger partial charge in [-0.2, -0.15) is 4.98 Å². The Morgan fingerprint density at radius 3 is 2.54 bits per heavy atom. The first kappa shape index (κ1) is 27.7. The molecule has 39 heavy (non-hydrogen) atoms. The zero-order valence-electron chi connectivity index (χ0n) is 21.6. The third-order valence-corrected chi connectivity index (χ3v) is 10.9. The van der Waals surface area contributed by atoms with Crippen molar-refractivity contribution >= 4 is 54.5 Å². The number of sulfone groups is 1. The Morgan fingerprint density at radius 2 is 1.95 bits per heavy atom. The number of pyridine rings is 1. The molecule has 13 heteroatoms.